The fourth-order valence-electron chi connectivity index (χ4n) is 4.08. The van der Waals surface area contributed by atoms with E-state index in [9.17, 15) is 4.39 Å². The largest absolute Gasteiger partial charge is 0.376 e. The van der Waals surface area contributed by atoms with Crippen LogP contribution in [0.2, 0.25) is 5.02 Å². The second-order valence-electron chi connectivity index (χ2n) is 8.02. The van der Waals surface area contributed by atoms with E-state index in [1.165, 1.54) is 0 Å². The lowest BCUT2D eigenvalue weighted by Crippen LogP contribution is -2.51. The van der Waals surface area contributed by atoms with Gasteiger partial charge in [-0.25, -0.2) is 9.97 Å². The van der Waals surface area contributed by atoms with Gasteiger partial charge in [-0.2, -0.15) is 4.98 Å². The van der Waals surface area contributed by atoms with Gasteiger partial charge in [0.1, 0.15) is 5.82 Å². The molecule has 4 rings (SSSR count). The molecule has 0 amide bonds. The van der Waals surface area contributed by atoms with Crippen molar-refractivity contribution >= 4 is 34.3 Å². The molecule has 1 fully saturated rings. The van der Waals surface area contributed by atoms with Gasteiger partial charge in [-0.1, -0.05) is 11.6 Å². The van der Waals surface area contributed by atoms with Gasteiger partial charge in [-0.15, -0.1) is 0 Å². The maximum Gasteiger partial charge on any atom is 0.225 e. The van der Waals surface area contributed by atoms with Crippen molar-refractivity contribution in [3.63, 3.8) is 0 Å². The highest BCUT2D eigenvalue weighted by atomic mass is 35.5. The van der Waals surface area contributed by atoms with Gasteiger partial charge in [0.25, 0.3) is 0 Å². The molecule has 0 saturated heterocycles. The van der Waals surface area contributed by atoms with Crippen LogP contribution < -0.4 is 10.6 Å². The Morgan fingerprint density at radius 2 is 2.17 bits per heavy atom. The molecule has 3 aromatic rings. The van der Waals surface area contributed by atoms with Gasteiger partial charge in [0, 0.05) is 31.1 Å². The van der Waals surface area contributed by atoms with E-state index in [-0.39, 0.29) is 24.2 Å². The van der Waals surface area contributed by atoms with Gasteiger partial charge in [-0.3, -0.25) is 4.39 Å². The molecule has 2 aromatic heterocycles. The highest BCUT2D eigenvalue weighted by molar-refractivity contribution is 6.31. The van der Waals surface area contributed by atoms with Crippen molar-refractivity contribution in [1.29, 1.82) is 0 Å². The van der Waals surface area contributed by atoms with Crippen LogP contribution in [0.15, 0.2) is 30.7 Å². The van der Waals surface area contributed by atoms with Crippen LogP contribution in [0.5, 0.6) is 0 Å². The number of rotatable bonds is 8. The van der Waals surface area contributed by atoms with Crippen molar-refractivity contribution in [1.82, 2.24) is 19.5 Å². The molecule has 1 saturated carbocycles. The summed E-state index contributed by atoms with van der Waals surface area (Å²) in [6.07, 6.45) is 4.97. The van der Waals surface area contributed by atoms with Crippen LogP contribution in [0.4, 0.5) is 16.2 Å². The first-order valence-corrected chi connectivity index (χ1v) is 10.4. The highest BCUT2D eigenvalue weighted by Gasteiger charge is 2.44. The fourth-order valence-corrected chi connectivity index (χ4v) is 4.25. The maximum absolute atomic E-state index is 12.9. The number of benzene rings is 1. The summed E-state index contributed by atoms with van der Waals surface area (Å²) >= 11 is 6.22. The standard InChI is InChI=1S/C21H26ClFN6O/c1-13(18-10-24-12-29(18)2)26-20-27-17-5-4-15(22)6-16(17)19(28-20)25-11-21(30-3)7-14(8-21)9-23/h4-6,10,12-14H,7-9,11H2,1-3H3,(H2,25,26,27,28). The van der Waals surface area contributed by atoms with E-state index in [0.29, 0.717) is 36.2 Å². The molecule has 9 heteroatoms. The molecule has 1 atom stereocenters. The van der Waals surface area contributed by atoms with E-state index in [1.807, 2.05) is 42.9 Å². The predicted octanol–water partition coefficient (Wildman–Crippen LogP) is 4.37. The number of nitrogens with zero attached hydrogens (tertiary/aromatic N) is 4. The second-order valence-corrected chi connectivity index (χ2v) is 8.46. The van der Waals surface area contributed by atoms with Gasteiger partial charge < -0.3 is 19.9 Å². The van der Waals surface area contributed by atoms with Gasteiger partial charge in [0.2, 0.25) is 5.95 Å². The highest BCUT2D eigenvalue weighted by Crippen LogP contribution is 2.41. The molecule has 0 radical (unpaired) electrons. The van der Waals surface area contributed by atoms with Gasteiger partial charge in [0.05, 0.1) is 42.1 Å². The molecule has 7 nitrogen and oxygen atoms in total. The van der Waals surface area contributed by atoms with Crippen molar-refractivity contribution < 1.29 is 9.13 Å². The van der Waals surface area contributed by atoms with Crippen LogP contribution >= 0.6 is 11.6 Å². The summed E-state index contributed by atoms with van der Waals surface area (Å²) < 4.78 is 20.6. The zero-order valence-corrected chi connectivity index (χ0v) is 18.1. The minimum Gasteiger partial charge on any atom is -0.376 e. The molecule has 30 heavy (non-hydrogen) atoms. The summed E-state index contributed by atoms with van der Waals surface area (Å²) in [5.74, 6) is 1.24. The van der Waals surface area contributed by atoms with E-state index in [4.69, 9.17) is 21.3 Å². The predicted molar refractivity (Wildman–Crippen MR) is 117 cm³/mol. The van der Waals surface area contributed by atoms with Crippen LogP contribution in [0, 0.1) is 5.92 Å². The zero-order chi connectivity index (χ0) is 21.3. The summed E-state index contributed by atoms with van der Waals surface area (Å²) in [6.45, 7) is 2.26. The minimum atomic E-state index is -0.373. The van der Waals surface area contributed by atoms with E-state index < -0.39 is 0 Å². The Labute approximate surface area is 180 Å². The SMILES string of the molecule is COC1(CNc2nc(NC(C)c3cncn3C)nc3ccc(Cl)cc23)CC(CF)C1. The smallest absolute Gasteiger partial charge is 0.225 e. The van der Waals surface area contributed by atoms with E-state index in [2.05, 4.69) is 20.6 Å². The van der Waals surface area contributed by atoms with Crippen molar-refractivity contribution in [2.45, 2.75) is 31.4 Å². The van der Waals surface area contributed by atoms with E-state index >= 15 is 0 Å². The Kier molecular flexibility index (Phi) is 5.79. The molecule has 160 valence electrons. The molecule has 0 aliphatic heterocycles. The van der Waals surface area contributed by atoms with Crippen LogP contribution in [0.1, 0.15) is 31.5 Å². The molecule has 2 N–H and O–H groups in total. The minimum absolute atomic E-state index is 0.0302. The first kappa shape index (κ1) is 20.8. The molecule has 0 bridgehead atoms. The van der Waals surface area contributed by atoms with Crippen molar-refractivity contribution in [3.8, 4) is 0 Å². The Morgan fingerprint density at radius 1 is 1.37 bits per heavy atom. The number of anilines is 2. The molecular weight excluding hydrogens is 407 g/mol. The molecule has 1 aromatic carbocycles. The molecule has 0 spiro atoms. The second kappa shape index (κ2) is 8.35. The van der Waals surface area contributed by atoms with Crippen molar-refractivity contribution in [2.24, 2.45) is 13.0 Å². The molecule has 1 unspecified atom stereocenters. The fraction of sp³-hybridized carbons (Fsp3) is 0.476. The van der Waals surface area contributed by atoms with Gasteiger partial charge >= 0.3 is 0 Å². The normalized spacial score (nSPS) is 22.0. The quantitative estimate of drug-likeness (QED) is 0.550. The number of methoxy groups -OCH3 is 1. The van der Waals surface area contributed by atoms with Crippen molar-refractivity contribution in [2.75, 3.05) is 31.0 Å². The lowest BCUT2D eigenvalue weighted by molar-refractivity contribution is -0.0988. The zero-order valence-electron chi connectivity index (χ0n) is 17.3. The lowest BCUT2D eigenvalue weighted by atomic mass is 9.71. The number of imidazole rings is 1. The number of nitrogens with one attached hydrogen (secondary N) is 2. The topological polar surface area (TPSA) is 76.9 Å². The van der Waals surface area contributed by atoms with Crippen LogP contribution in [-0.2, 0) is 11.8 Å². The number of alkyl halides is 1. The third-order valence-electron chi connectivity index (χ3n) is 5.85. The number of halogens is 2. The maximum atomic E-state index is 12.9. The summed E-state index contributed by atoms with van der Waals surface area (Å²) in [4.78, 5) is 13.5. The van der Waals surface area contributed by atoms with Crippen molar-refractivity contribution in [3.05, 3.63) is 41.4 Å². The number of hydrogen-bond donors (Lipinski definition) is 2. The summed E-state index contributed by atoms with van der Waals surface area (Å²) in [5.41, 5.74) is 1.43. The molecule has 1 aliphatic rings. The average Bonchev–Trinajstić information content (AvgIpc) is 3.14. The summed E-state index contributed by atoms with van der Waals surface area (Å²) in [5, 5.41) is 8.19. The Hall–Kier alpha value is -2.45. The Morgan fingerprint density at radius 3 is 2.83 bits per heavy atom. The molecule has 2 heterocycles. The van der Waals surface area contributed by atoms with Crippen LogP contribution in [0.3, 0.4) is 0 Å². The molecular formula is C21H26ClFN6O. The first-order valence-electron chi connectivity index (χ1n) is 9.98. The number of aryl methyl sites for hydroxylation is 1. The van der Waals surface area contributed by atoms with E-state index in [0.717, 1.165) is 16.6 Å². The molecule has 1 aliphatic carbocycles. The number of hydrogen-bond acceptors (Lipinski definition) is 6. The van der Waals surface area contributed by atoms with Crippen LogP contribution in [0.25, 0.3) is 10.9 Å². The monoisotopic (exact) mass is 432 g/mol. The van der Waals surface area contributed by atoms with Crippen LogP contribution in [-0.4, -0.2) is 45.4 Å². The van der Waals surface area contributed by atoms with Gasteiger partial charge in [-0.05, 0) is 43.9 Å². The first-order chi connectivity index (χ1) is 14.4. The third-order valence-corrected chi connectivity index (χ3v) is 6.09. The number of fused-ring (bicyclic) bond motifs is 1. The lowest BCUT2D eigenvalue weighted by Gasteiger charge is -2.45. The average molecular weight is 433 g/mol. The Balaban J connectivity index is 1.60. The van der Waals surface area contributed by atoms with Gasteiger partial charge in [0.15, 0.2) is 0 Å². The summed E-state index contributed by atoms with van der Waals surface area (Å²) in [7, 11) is 3.62. The third kappa shape index (κ3) is 4.06. The Bertz CT molecular complexity index is 1040. The summed E-state index contributed by atoms with van der Waals surface area (Å²) in [6, 6.07) is 5.50. The number of ether oxygens (including phenoxy) is 1. The van der Waals surface area contributed by atoms with E-state index in [1.54, 1.807) is 13.4 Å². The number of aromatic nitrogens is 4.